The van der Waals surface area contributed by atoms with E-state index in [1.165, 1.54) is 12.2 Å². The fourth-order valence-corrected chi connectivity index (χ4v) is 3.16. The van der Waals surface area contributed by atoms with E-state index in [-0.39, 0.29) is 18.9 Å². The van der Waals surface area contributed by atoms with Crippen molar-refractivity contribution in [2.45, 2.75) is 58.0 Å². The number of hydrogen-bond donors (Lipinski definition) is 1. The van der Waals surface area contributed by atoms with E-state index in [0.717, 1.165) is 16.0 Å². The summed E-state index contributed by atoms with van der Waals surface area (Å²) in [6.45, 7) is 4.11. The van der Waals surface area contributed by atoms with Crippen molar-refractivity contribution in [2.75, 3.05) is 6.54 Å². The molecule has 0 spiro atoms. The quantitative estimate of drug-likeness (QED) is 0.720. The van der Waals surface area contributed by atoms with Gasteiger partial charge in [-0.25, -0.2) is 0 Å². The molecular weight excluding hydrogens is 371 g/mol. The monoisotopic (exact) mass is 397 g/mol. The van der Waals surface area contributed by atoms with Crippen molar-refractivity contribution < 1.29 is 22.8 Å². The molecule has 0 fully saturated rings. The summed E-state index contributed by atoms with van der Waals surface area (Å²) in [7, 11) is 0. The predicted molar refractivity (Wildman–Crippen MR) is 99.9 cm³/mol. The Morgan fingerprint density at radius 3 is 2.21 bits per heavy atom. The number of alkyl halides is 3. The molecule has 2 N–H and O–H groups in total. The Labute approximate surface area is 163 Å². The molecule has 2 amide bonds. The van der Waals surface area contributed by atoms with Crippen molar-refractivity contribution in [2.24, 2.45) is 5.73 Å². The first kappa shape index (κ1) is 21.9. The van der Waals surface area contributed by atoms with Crippen LogP contribution in [0.1, 0.15) is 37.8 Å². The van der Waals surface area contributed by atoms with Gasteiger partial charge in [0.2, 0.25) is 5.91 Å². The zero-order chi connectivity index (χ0) is 20.9. The van der Waals surface area contributed by atoms with Crippen LogP contribution in [0.5, 0.6) is 0 Å². The van der Waals surface area contributed by atoms with Crippen LogP contribution >= 0.6 is 0 Å². The van der Waals surface area contributed by atoms with E-state index >= 15 is 0 Å². The molecule has 0 unspecified atom stereocenters. The lowest BCUT2D eigenvalue weighted by atomic mass is 10.1. The van der Waals surface area contributed by atoms with Crippen molar-refractivity contribution in [3.8, 4) is 0 Å². The van der Waals surface area contributed by atoms with Crippen LogP contribution in [0, 0.1) is 0 Å². The lowest BCUT2D eigenvalue weighted by Gasteiger charge is -2.32. The zero-order valence-corrected chi connectivity index (χ0v) is 16.1. The summed E-state index contributed by atoms with van der Waals surface area (Å²) in [6.07, 6.45) is -1.68. The summed E-state index contributed by atoms with van der Waals surface area (Å²) in [4.78, 5) is 26.7. The van der Waals surface area contributed by atoms with Crippen LogP contribution in [0.25, 0.3) is 0 Å². The molecule has 1 aromatic rings. The normalized spacial score (nSPS) is 16.1. The van der Waals surface area contributed by atoms with Gasteiger partial charge in [0, 0.05) is 31.8 Å². The average molecular weight is 397 g/mol. The molecule has 0 saturated heterocycles. The molecule has 1 aromatic carbocycles. The molecule has 8 heteroatoms. The second-order valence-electron chi connectivity index (χ2n) is 6.92. The predicted octanol–water partition coefficient (Wildman–Crippen LogP) is 2.99. The number of carbonyl (C=O) groups excluding carboxylic acids is 2. The van der Waals surface area contributed by atoms with Crippen LogP contribution in [-0.4, -0.2) is 46.4 Å². The maximum Gasteiger partial charge on any atom is 0.471 e. The van der Waals surface area contributed by atoms with Crippen molar-refractivity contribution in [3.05, 3.63) is 47.5 Å². The maximum atomic E-state index is 13.0. The van der Waals surface area contributed by atoms with Crippen LogP contribution in [0.4, 0.5) is 13.2 Å². The maximum absolute atomic E-state index is 13.0. The lowest BCUT2D eigenvalue weighted by molar-refractivity contribution is -0.187. The standard InChI is InChI=1S/C20H26F3N3O2/c1-3-16(24)13-26(19(28)20(21,22)23)17(4-2)9-10-18(27)25-11-14-7-5-6-8-15(14)12-25/h5-10,16-17H,3-4,11-13,24H2,1-2H3/b10-9+/t16-,17-/m0/s1. The van der Waals surface area contributed by atoms with Crippen molar-refractivity contribution in [1.29, 1.82) is 0 Å². The highest BCUT2D eigenvalue weighted by atomic mass is 19.4. The number of halogens is 3. The second kappa shape index (κ2) is 9.23. The number of nitrogens with zero attached hydrogens (tertiary/aromatic N) is 2. The third-order valence-electron chi connectivity index (χ3n) is 4.89. The number of carbonyl (C=O) groups is 2. The summed E-state index contributed by atoms with van der Waals surface area (Å²) in [6, 6.07) is 6.24. The molecule has 2 rings (SSSR count). The first-order chi connectivity index (χ1) is 13.2. The first-order valence-corrected chi connectivity index (χ1v) is 9.34. The summed E-state index contributed by atoms with van der Waals surface area (Å²) < 4.78 is 39.0. The topological polar surface area (TPSA) is 66.6 Å². The molecular formula is C20H26F3N3O2. The highest BCUT2D eigenvalue weighted by Gasteiger charge is 2.44. The molecule has 1 aliphatic rings. The summed E-state index contributed by atoms with van der Waals surface area (Å²) in [5, 5.41) is 0. The Hall–Kier alpha value is -2.35. The molecule has 154 valence electrons. The fourth-order valence-electron chi connectivity index (χ4n) is 3.16. The van der Waals surface area contributed by atoms with Gasteiger partial charge < -0.3 is 15.5 Å². The third-order valence-corrected chi connectivity index (χ3v) is 4.89. The van der Waals surface area contributed by atoms with Crippen molar-refractivity contribution in [1.82, 2.24) is 9.80 Å². The van der Waals surface area contributed by atoms with Crippen LogP contribution in [-0.2, 0) is 22.7 Å². The van der Waals surface area contributed by atoms with Crippen molar-refractivity contribution in [3.63, 3.8) is 0 Å². The summed E-state index contributed by atoms with van der Waals surface area (Å²) >= 11 is 0. The van der Waals surface area contributed by atoms with Crippen LogP contribution in [0.15, 0.2) is 36.4 Å². The molecule has 0 bridgehead atoms. The number of hydrogen-bond acceptors (Lipinski definition) is 3. The molecule has 2 atom stereocenters. The molecule has 0 radical (unpaired) electrons. The number of amides is 2. The smallest absolute Gasteiger partial charge is 0.330 e. The van der Waals surface area contributed by atoms with Gasteiger partial charge in [-0.3, -0.25) is 9.59 Å². The lowest BCUT2D eigenvalue weighted by Crippen LogP contribution is -2.51. The molecule has 1 heterocycles. The number of nitrogens with two attached hydrogens (primary N) is 1. The Morgan fingerprint density at radius 1 is 1.18 bits per heavy atom. The zero-order valence-electron chi connectivity index (χ0n) is 16.1. The van der Waals surface area contributed by atoms with Gasteiger partial charge in [-0.15, -0.1) is 0 Å². The van der Waals surface area contributed by atoms with Crippen LogP contribution in [0.2, 0.25) is 0 Å². The van der Waals surface area contributed by atoms with E-state index in [4.69, 9.17) is 5.73 Å². The minimum Gasteiger partial charge on any atom is -0.330 e. The summed E-state index contributed by atoms with van der Waals surface area (Å²) in [5.74, 6) is -2.23. The van der Waals surface area contributed by atoms with Gasteiger partial charge in [0.1, 0.15) is 0 Å². The SMILES string of the molecule is CC[C@H](N)CN(C(=O)C(F)(F)F)[C@H](/C=C/C(=O)N1Cc2ccccc2C1)CC. The Kier molecular flexibility index (Phi) is 7.23. The second-order valence-corrected chi connectivity index (χ2v) is 6.92. The minimum atomic E-state index is -4.99. The largest absolute Gasteiger partial charge is 0.471 e. The van der Waals surface area contributed by atoms with E-state index in [9.17, 15) is 22.8 Å². The number of fused-ring (bicyclic) bond motifs is 1. The Morgan fingerprint density at radius 2 is 1.75 bits per heavy atom. The van der Waals surface area contributed by atoms with Gasteiger partial charge in [-0.1, -0.05) is 44.2 Å². The van der Waals surface area contributed by atoms with E-state index < -0.39 is 24.2 Å². The van der Waals surface area contributed by atoms with E-state index in [2.05, 4.69) is 0 Å². The Balaban J connectivity index is 2.12. The summed E-state index contributed by atoms with van der Waals surface area (Å²) in [5.41, 5.74) is 7.90. The van der Waals surface area contributed by atoms with Gasteiger partial charge in [0.25, 0.3) is 0 Å². The van der Waals surface area contributed by atoms with Crippen LogP contribution in [0.3, 0.4) is 0 Å². The highest BCUT2D eigenvalue weighted by molar-refractivity contribution is 5.88. The Bertz CT molecular complexity index is 709. The van der Waals surface area contributed by atoms with E-state index in [1.54, 1.807) is 18.7 Å². The van der Waals surface area contributed by atoms with Gasteiger partial charge >= 0.3 is 12.1 Å². The third kappa shape index (κ3) is 5.34. The molecule has 5 nitrogen and oxygen atoms in total. The van der Waals surface area contributed by atoms with Gasteiger partial charge in [0.05, 0.1) is 6.04 Å². The highest BCUT2D eigenvalue weighted by Crippen LogP contribution is 2.24. The number of rotatable bonds is 7. The van der Waals surface area contributed by atoms with Gasteiger partial charge in [-0.05, 0) is 24.0 Å². The molecule has 0 aliphatic carbocycles. The van der Waals surface area contributed by atoms with E-state index in [1.807, 2.05) is 24.3 Å². The average Bonchev–Trinajstić information content (AvgIpc) is 3.10. The molecule has 28 heavy (non-hydrogen) atoms. The van der Waals surface area contributed by atoms with E-state index in [0.29, 0.717) is 19.5 Å². The molecule has 0 saturated carbocycles. The van der Waals surface area contributed by atoms with Gasteiger partial charge in [0.15, 0.2) is 0 Å². The minimum absolute atomic E-state index is 0.221. The number of benzene rings is 1. The van der Waals surface area contributed by atoms with Gasteiger partial charge in [-0.2, -0.15) is 13.2 Å². The molecule has 1 aliphatic heterocycles. The molecule has 0 aromatic heterocycles. The fraction of sp³-hybridized carbons (Fsp3) is 0.500. The van der Waals surface area contributed by atoms with Crippen molar-refractivity contribution >= 4 is 11.8 Å². The van der Waals surface area contributed by atoms with Crippen LogP contribution < -0.4 is 5.73 Å². The first-order valence-electron chi connectivity index (χ1n) is 9.34.